The second-order valence-electron chi connectivity index (χ2n) is 5.68. The fraction of sp³-hybridized carbons (Fsp3) is 0.316. The van der Waals surface area contributed by atoms with Crippen molar-refractivity contribution in [2.24, 2.45) is 0 Å². The highest BCUT2D eigenvalue weighted by Gasteiger charge is 2.14. The van der Waals surface area contributed by atoms with Gasteiger partial charge in [0.15, 0.2) is 17.4 Å². The van der Waals surface area contributed by atoms with E-state index in [-0.39, 0.29) is 18.9 Å². The van der Waals surface area contributed by atoms with Gasteiger partial charge in [-0.25, -0.2) is 8.78 Å². The highest BCUT2D eigenvalue weighted by Crippen LogP contribution is 2.18. The summed E-state index contributed by atoms with van der Waals surface area (Å²) < 4.78 is 31.9. The average molecular weight is 349 g/mol. The number of hydrogen-bond donors (Lipinski definition) is 1. The van der Waals surface area contributed by atoms with Gasteiger partial charge >= 0.3 is 0 Å². The number of ether oxygens (including phenoxy) is 1. The second-order valence-corrected chi connectivity index (χ2v) is 5.68. The highest BCUT2D eigenvalue weighted by molar-refractivity contribution is 5.94. The number of rotatable bonds is 8. The molecule has 0 saturated heterocycles. The number of carbonyl (C=O) groups is 1. The van der Waals surface area contributed by atoms with Gasteiger partial charge in [-0.1, -0.05) is 0 Å². The maximum atomic E-state index is 13.4. The van der Waals surface area contributed by atoms with Crippen molar-refractivity contribution >= 4 is 11.5 Å². The van der Waals surface area contributed by atoms with Gasteiger partial charge in [-0.15, -0.1) is 0 Å². The summed E-state index contributed by atoms with van der Waals surface area (Å²) in [7, 11) is 0. The van der Waals surface area contributed by atoms with Crippen LogP contribution in [0.15, 0.2) is 42.5 Å². The van der Waals surface area contributed by atoms with Gasteiger partial charge in [-0.2, -0.15) is 0 Å². The van der Waals surface area contributed by atoms with E-state index < -0.39 is 17.7 Å². The fourth-order valence-corrected chi connectivity index (χ4v) is 2.38. The quantitative estimate of drug-likeness (QED) is 0.742. The number of aliphatic hydroxyl groups is 1. The predicted molar refractivity (Wildman–Crippen MR) is 92.2 cm³/mol. The first-order chi connectivity index (χ1) is 11.9. The Hall–Kier alpha value is -2.47. The molecule has 6 heteroatoms. The van der Waals surface area contributed by atoms with Crippen LogP contribution in [0, 0.1) is 11.6 Å². The smallest absolute Gasteiger partial charge is 0.160 e. The molecule has 0 bridgehead atoms. The molecule has 1 N–H and O–H groups in total. The van der Waals surface area contributed by atoms with E-state index in [0.717, 1.165) is 12.1 Å². The van der Waals surface area contributed by atoms with Crippen molar-refractivity contribution in [3.8, 4) is 5.75 Å². The van der Waals surface area contributed by atoms with Crippen molar-refractivity contribution in [3.63, 3.8) is 0 Å². The SMILES string of the molecule is CCN(CC(O)COc1ccc(C(C)=O)cc1)c1ccc(F)c(F)c1. The van der Waals surface area contributed by atoms with Crippen molar-refractivity contribution < 1.29 is 23.4 Å². The number of Topliss-reactive ketones (excluding diaryl/α,β-unsaturated/α-hetero) is 1. The molecule has 0 amide bonds. The van der Waals surface area contributed by atoms with E-state index in [2.05, 4.69) is 0 Å². The first kappa shape index (κ1) is 18.9. The number of carbonyl (C=O) groups excluding carboxylic acids is 1. The Morgan fingerprint density at radius 1 is 1.16 bits per heavy atom. The molecule has 1 unspecified atom stereocenters. The van der Waals surface area contributed by atoms with E-state index in [4.69, 9.17) is 4.74 Å². The molecule has 0 aliphatic carbocycles. The molecule has 25 heavy (non-hydrogen) atoms. The van der Waals surface area contributed by atoms with E-state index in [9.17, 15) is 18.7 Å². The van der Waals surface area contributed by atoms with Gasteiger partial charge in [0.1, 0.15) is 18.5 Å². The molecule has 0 aromatic heterocycles. The number of anilines is 1. The number of likely N-dealkylation sites (N-methyl/N-ethyl adjacent to an activating group) is 1. The molecule has 0 spiro atoms. The Bertz CT molecular complexity index is 719. The van der Waals surface area contributed by atoms with Crippen molar-refractivity contribution in [3.05, 3.63) is 59.7 Å². The van der Waals surface area contributed by atoms with Crippen LogP contribution >= 0.6 is 0 Å². The van der Waals surface area contributed by atoms with Crippen LogP contribution in [0.3, 0.4) is 0 Å². The first-order valence-electron chi connectivity index (χ1n) is 8.02. The minimum absolute atomic E-state index is 0.0308. The van der Waals surface area contributed by atoms with Crippen LogP contribution in [0.25, 0.3) is 0 Å². The average Bonchev–Trinajstić information content (AvgIpc) is 2.60. The molecule has 0 heterocycles. The van der Waals surface area contributed by atoms with Gasteiger partial charge < -0.3 is 14.7 Å². The zero-order valence-corrected chi connectivity index (χ0v) is 14.2. The first-order valence-corrected chi connectivity index (χ1v) is 8.02. The lowest BCUT2D eigenvalue weighted by molar-refractivity contribution is 0.101. The van der Waals surface area contributed by atoms with Crippen molar-refractivity contribution in [2.45, 2.75) is 20.0 Å². The Balaban J connectivity index is 1.92. The van der Waals surface area contributed by atoms with Gasteiger partial charge in [-0.05, 0) is 50.2 Å². The number of nitrogens with zero attached hydrogens (tertiary/aromatic N) is 1. The minimum Gasteiger partial charge on any atom is -0.491 e. The third-order valence-electron chi connectivity index (χ3n) is 3.78. The topological polar surface area (TPSA) is 49.8 Å². The molecular weight excluding hydrogens is 328 g/mol. The van der Waals surface area contributed by atoms with Crippen LogP contribution in [0.4, 0.5) is 14.5 Å². The van der Waals surface area contributed by atoms with E-state index >= 15 is 0 Å². The summed E-state index contributed by atoms with van der Waals surface area (Å²) in [5, 5.41) is 10.2. The summed E-state index contributed by atoms with van der Waals surface area (Å²) in [6.45, 7) is 4.12. The molecule has 0 radical (unpaired) electrons. The Morgan fingerprint density at radius 2 is 1.84 bits per heavy atom. The summed E-state index contributed by atoms with van der Waals surface area (Å²) in [5.41, 5.74) is 1.08. The van der Waals surface area contributed by atoms with Crippen LogP contribution in [-0.2, 0) is 0 Å². The van der Waals surface area contributed by atoms with E-state index in [1.165, 1.54) is 13.0 Å². The standard InChI is InChI=1S/C19H21F2NO3/c1-3-22(15-6-9-18(20)19(21)10-15)11-16(24)12-25-17-7-4-14(5-8-17)13(2)23/h4-10,16,24H,3,11-12H2,1-2H3. The molecule has 0 saturated carbocycles. The maximum Gasteiger partial charge on any atom is 0.160 e. The van der Waals surface area contributed by atoms with Crippen LogP contribution in [-0.4, -0.2) is 36.7 Å². The number of hydrogen-bond acceptors (Lipinski definition) is 4. The number of ketones is 1. The maximum absolute atomic E-state index is 13.4. The van der Waals surface area contributed by atoms with E-state index in [0.29, 0.717) is 23.5 Å². The summed E-state index contributed by atoms with van der Waals surface area (Å²) in [6, 6.07) is 10.3. The van der Waals surface area contributed by atoms with Crippen LogP contribution in [0.1, 0.15) is 24.2 Å². The van der Waals surface area contributed by atoms with Gasteiger partial charge in [0, 0.05) is 30.4 Å². The molecule has 2 aromatic carbocycles. The van der Waals surface area contributed by atoms with Gasteiger partial charge in [-0.3, -0.25) is 4.79 Å². The number of benzene rings is 2. The molecule has 0 aliphatic rings. The Kier molecular flexibility index (Phi) is 6.47. The zero-order valence-electron chi connectivity index (χ0n) is 14.2. The normalized spacial score (nSPS) is 11.9. The third kappa shape index (κ3) is 5.26. The molecule has 134 valence electrons. The fourth-order valence-electron chi connectivity index (χ4n) is 2.38. The molecule has 2 aromatic rings. The van der Waals surface area contributed by atoms with E-state index in [1.807, 2.05) is 6.92 Å². The summed E-state index contributed by atoms with van der Waals surface area (Å²) >= 11 is 0. The molecule has 2 rings (SSSR count). The second kappa shape index (κ2) is 8.58. The summed E-state index contributed by atoms with van der Waals surface area (Å²) in [6.07, 6.45) is -0.819. The number of halogens is 2. The number of aliphatic hydroxyl groups excluding tert-OH is 1. The van der Waals surface area contributed by atoms with Crippen molar-refractivity contribution in [1.29, 1.82) is 0 Å². The lowest BCUT2D eigenvalue weighted by atomic mass is 10.1. The molecular formula is C19H21F2NO3. The van der Waals surface area contributed by atoms with Gasteiger partial charge in [0.25, 0.3) is 0 Å². The van der Waals surface area contributed by atoms with Crippen LogP contribution < -0.4 is 9.64 Å². The molecule has 0 fully saturated rings. The zero-order chi connectivity index (χ0) is 18.4. The lowest BCUT2D eigenvalue weighted by Crippen LogP contribution is -2.35. The minimum atomic E-state index is -0.924. The van der Waals surface area contributed by atoms with Gasteiger partial charge in [0.05, 0.1) is 0 Å². The molecule has 4 nitrogen and oxygen atoms in total. The molecule has 0 aliphatic heterocycles. The van der Waals surface area contributed by atoms with Crippen molar-refractivity contribution in [1.82, 2.24) is 0 Å². The largest absolute Gasteiger partial charge is 0.491 e. The van der Waals surface area contributed by atoms with Crippen LogP contribution in [0.2, 0.25) is 0 Å². The molecule has 1 atom stereocenters. The highest BCUT2D eigenvalue weighted by atomic mass is 19.2. The Labute approximate surface area is 145 Å². The third-order valence-corrected chi connectivity index (χ3v) is 3.78. The van der Waals surface area contributed by atoms with Crippen LogP contribution in [0.5, 0.6) is 5.75 Å². The van der Waals surface area contributed by atoms with Crippen molar-refractivity contribution in [2.75, 3.05) is 24.6 Å². The lowest BCUT2D eigenvalue weighted by Gasteiger charge is -2.26. The summed E-state index contributed by atoms with van der Waals surface area (Å²) in [4.78, 5) is 13.0. The van der Waals surface area contributed by atoms with Gasteiger partial charge in [0.2, 0.25) is 0 Å². The summed E-state index contributed by atoms with van der Waals surface area (Å²) in [5.74, 6) is -1.32. The Morgan fingerprint density at radius 3 is 2.40 bits per heavy atom. The van der Waals surface area contributed by atoms with E-state index in [1.54, 1.807) is 29.2 Å². The predicted octanol–water partition coefficient (Wildman–Crippen LogP) is 3.43. The monoisotopic (exact) mass is 349 g/mol.